The van der Waals surface area contributed by atoms with Crippen molar-refractivity contribution in [1.29, 1.82) is 0 Å². The van der Waals surface area contributed by atoms with Crippen LogP contribution >= 0.6 is 15.9 Å². The van der Waals surface area contributed by atoms with E-state index in [1.54, 1.807) is 7.11 Å². The minimum atomic E-state index is -0.426. The van der Waals surface area contributed by atoms with Gasteiger partial charge in [0.25, 0.3) is 0 Å². The van der Waals surface area contributed by atoms with Gasteiger partial charge < -0.3 is 15.0 Å². The van der Waals surface area contributed by atoms with E-state index in [2.05, 4.69) is 74.5 Å². The van der Waals surface area contributed by atoms with Gasteiger partial charge in [-0.15, -0.1) is 0 Å². The Morgan fingerprint density at radius 3 is 2.85 bits per heavy atom. The number of nitrogens with zero attached hydrogens (tertiary/aromatic N) is 3. The molecule has 0 amide bonds. The first kappa shape index (κ1) is 27.9. The highest BCUT2D eigenvalue weighted by Gasteiger charge is 2.39. The first-order chi connectivity index (χ1) is 18.8. The highest BCUT2D eigenvalue weighted by atomic mass is 79.9. The number of likely N-dealkylation sites (tertiary alicyclic amines) is 1. The predicted molar refractivity (Wildman–Crippen MR) is 160 cm³/mol. The number of piperidine rings is 1. The molecule has 5 rings (SSSR count). The molecule has 1 aromatic heterocycles. The SMILES string of the molecule is COCCN1CCC[C@H](c2ccc(Nc3ncc(Br)c(CCc4cccc5c4C(C)(C)C(=O)C5)n3)c(C)c2)C1. The third-order valence-electron chi connectivity index (χ3n) is 8.44. The van der Waals surface area contributed by atoms with Crippen LogP contribution in [0.15, 0.2) is 47.1 Å². The highest BCUT2D eigenvalue weighted by Crippen LogP contribution is 2.38. The summed E-state index contributed by atoms with van der Waals surface area (Å²) in [6.07, 6.45) is 6.40. The summed E-state index contributed by atoms with van der Waals surface area (Å²) in [4.78, 5) is 24.5. The van der Waals surface area contributed by atoms with Gasteiger partial charge in [0.05, 0.1) is 16.8 Å². The molecule has 1 N–H and O–H groups in total. The fourth-order valence-corrected chi connectivity index (χ4v) is 6.58. The topological polar surface area (TPSA) is 67.3 Å². The maximum atomic E-state index is 12.6. The Kier molecular flexibility index (Phi) is 8.50. The second kappa shape index (κ2) is 11.9. The molecule has 0 saturated carbocycles. The van der Waals surface area contributed by atoms with E-state index in [1.165, 1.54) is 40.7 Å². The van der Waals surface area contributed by atoms with Crippen molar-refractivity contribution in [2.24, 2.45) is 0 Å². The van der Waals surface area contributed by atoms with E-state index in [4.69, 9.17) is 9.72 Å². The van der Waals surface area contributed by atoms with Crippen LogP contribution < -0.4 is 5.32 Å². The van der Waals surface area contributed by atoms with Crippen LogP contribution in [0.1, 0.15) is 66.1 Å². The molecule has 2 aromatic carbocycles. The smallest absolute Gasteiger partial charge is 0.227 e. The zero-order valence-electron chi connectivity index (χ0n) is 23.5. The number of nitrogens with one attached hydrogen (secondary N) is 1. The number of Topliss-reactive ketones (excluding diaryl/α,β-unsaturated/α-hetero) is 1. The van der Waals surface area contributed by atoms with Gasteiger partial charge in [0.15, 0.2) is 0 Å². The molecule has 3 aromatic rings. The summed E-state index contributed by atoms with van der Waals surface area (Å²) in [7, 11) is 1.77. The van der Waals surface area contributed by atoms with Gasteiger partial charge in [-0.2, -0.15) is 0 Å². The molecule has 7 heteroatoms. The Morgan fingerprint density at radius 1 is 1.21 bits per heavy atom. The molecule has 6 nitrogen and oxygen atoms in total. The van der Waals surface area contributed by atoms with Gasteiger partial charge in [-0.05, 0) is 109 Å². The lowest BCUT2D eigenvalue weighted by molar-refractivity contribution is -0.121. The lowest BCUT2D eigenvalue weighted by atomic mass is 9.82. The van der Waals surface area contributed by atoms with Crippen molar-refractivity contribution in [2.45, 2.75) is 64.2 Å². The standard InChI is InChI=1S/C32H39BrN4O2/c1-21-17-23(25-9-6-14-37(20-25)15-16-39-4)11-12-27(21)35-31-34-19-26(33)28(36-31)13-10-22-7-5-8-24-18-29(38)32(2,3)30(22)24/h5,7-8,11-12,17,19,25H,6,9-10,13-16,18,20H2,1-4H3,(H,34,35,36)/t25-/m0/s1. The molecular weight excluding hydrogens is 552 g/mol. The number of aromatic nitrogens is 2. The molecule has 1 saturated heterocycles. The van der Waals surface area contributed by atoms with Crippen molar-refractivity contribution in [3.63, 3.8) is 0 Å². The number of aryl methyl sites for hydroxylation is 3. The van der Waals surface area contributed by atoms with Crippen molar-refractivity contribution in [1.82, 2.24) is 14.9 Å². The Labute approximate surface area is 240 Å². The fraction of sp³-hybridized carbons (Fsp3) is 0.469. The average Bonchev–Trinajstić information content (AvgIpc) is 3.17. The molecule has 206 valence electrons. The number of hydrogen-bond acceptors (Lipinski definition) is 6. The number of halogens is 1. The fourth-order valence-electron chi connectivity index (χ4n) is 6.19. The van der Waals surface area contributed by atoms with Crippen LogP contribution in [-0.4, -0.2) is 54.0 Å². The summed E-state index contributed by atoms with van der Waals surface area (Å²) >= 11 is 3.65. The Balaban J connectivity index is 1.27. The number of fused-ring (bicyclic) bond motifs is 1. The number of ketones is 1. The summed E-state index contributed by atoms with van der Waals surface area (Å²) in [5, 5.41) is 3.45. The zero-order chi connectivity index (χ0) is 27.6. The van der Waals surface area contributed by atoms with Gasteiger partial charge in [-0.1, -0.05) is 30.3 Å². The predicted octanol–water partition coefficient (Wildman–Crippen LogP) is 6.30. The second-order valence-electron chi connectivity index (χ2n) is 11.5. The minimum absolute atomic E-state index is 0.299. The molecule has 1 aliphatic heterocycles. The lowest BCUT2D eigenvalue weighted by Gasteiger charge is -2.33. The molecule has 39 heavy (non-hydrogen) atoms. The Hall–Kier alpha value is -2.61. The molecule has 1 fully saturated rings. The van der Waals surface area contributed by atoms with Gasteiger partial charge in [0.2, 0.25) is 5.95 Å². The van der Waals surface area contributed by atoms with E-state index < -0.39 is 5.41 Å². The molecular formula is C32H39BrN4O2. The second-order valence-corrected chi connectivity index (χ2v) is 12.4. The third-order valence-corrected chi connectivity index (χ3v) is 9.11. The van der Waals surface area contributed by atoms with Crippen LogP contribution in [0, 0.1) is 6.92 Å². The van der Waals surface area contributed by atoms with E-state index >= 15 is 0 Å². The summed E-state index contributed by atoms with van der Waals surface area (Å²) in [5.74, 6) is 1.45. The largest absolute Gasteiger partial charge is 0.383 e. The summed E-state index contributed by atoms with van der Waals surface area (Å²) in [6.45, 7) is 10.3. The average molecular weight is 592 g/mol. The molecule has 2 aliphatic rings. The lowest BCUT2D eigenvalue weighted by Crippen LogP contribution is -2.36. The number of benzene rings is 2. The van der Waals surface area contributed by atoms with E-state index in [0.29, 0.717) is 24.1 Å². The summed E-state index contributed by atoms with van der Waals surface area (Å²) in [6, 6.07) is 13.0. The van der Waals surface area contributed by atoms with E-state index in [-0.39, 0.29) is 0 Å². The first-order valence-electron chi connectivity index (χ1n) is 14.0. The number of rotatable bonds is 9. The number of anilines is 2. The number of hydrogen-bond donors (Lipinski definition) is 1. The van der Waals surface area contributed by atoms with Crippen LogP contribution in [0.5, 0.6) is 0 Å². The van der Waals surface area contributed by atoms with Crippen molar-refractivity contribution in [3.8, 4) is 0 Å². The highest BCUT2D eigenvalue weighted by molar-refractivity contribution is 9.10. The molecule has 0 spiro atoms. The van der Waals surface area contributed by atoms with Crippen LogP contribution in [0.4, 0.5) is 11.6 Å². The molecule has 1 atom stereocenters. The molecule has 0 bridgehead atoms. The van der Waals surface area contributed by atoms with Crippen molar-refractivity contribution < 1.29 is 9.53 Å². The Bertz CT molecular complexity index is 1360. The summed E-state index contributed by atoms with van der Waals surface area (Å²) in [5.41, 5.74) is 7.76. The number of carbonyl (C=O) groups is 1. The molecule has 1 aliphatic carbocycles. The van der Waals surface area contributed by atoms with Crippen LogP contribution in [0.2, 0.25) is 0 Å². The van der Waals surface area contributed by atoms with Gasteiger partial charge >= 0.3 is 0 Å². The summed E-state index contributed by atoms with van der Waals surface area (Å²) < 4.78 is 6.18. The van der Waals surface area contributed by atoms with E-state index in [1.807, 2.05) is 20.0 Å². The van der Waals surface area contributed by atoms with Gasteiger partial charge in [-0.3, -0.25) is 4.79 Å². The first-order valence-corrected chi connectivity index (χ1v) is 14.8. The van der Waals surface area contributed by atoms with Crippen molar-refractivity contribution >= 4 is 33.3 Å². The minimum Gasteiger partial charge on any atom is -0.383 e. The van der Waals surface area contributed by atoms with Gasteiger partial charge in [-0.25, -0.2) is 9.97 Å². The molecule has 2 heterocycles. The van der Waals surface area contributed by atoms with Crippen LogP contribution in [0.3, 0.4) is 0 Å². The quantitative estimate of drug-likeness (QED) is 0.315. The number of ether oxygens (including phenoxy) is 1. The zero-order valence-corrected chi connectivity index (χ0v) is 25.1. The normalized spacial score (nSPS) is 18.8. The van der Waals surface area contributed by atoms with Gasteiger partial charge in [0.1, 0.15) is 5.78 Å². The third kappa shape index (κ3) is 6.11. The molecule has 0 radical (unpaired) electrons. The van der Waals surface area contributed by atoms with Gasteiger partial charge in [0, 0.05) is 43.9 Å². The van der Waals surface area contributed by atoms with E-state index in [0.717, 1.165) is 54.9 Å². The van der Waals surface area contributed by atoms with E-state index in [9.17, 15) is 4.79 Å². The van der Waals surface area contributed by atoms with Crippen LogP contribution in [0.25, 0.3) is 0 Å². The van der Waals surface area contributed by atoms with Crippen molar-refractivity contribution in [3.05, 3.63) is 80.6 Å². The molecule has 0 unspecified atom stereocenters. The van der Waals surface area contributed by atoms with Crippen LogP contribution in [-0.2, 0) is 34.2 Å². The number of carbonyl (C=O) groups excluding carboxylic acids is 1. The number of methoxy groups -OCH3 is 1. The maximum Gasteiger partial charge on any atom is 0.227 e. The van der Waals surface area contributed by atoms with Crippen molar-refractivity contribution in [2.75, 3.05) is 38.7 Å². The maximum absolute atomic E-state index is 12.6. The monoisotopic (exact) mass is 590 g/mol. The Morgan fingerprint density at radius 2 is 2.05 bits per heavy atom.